The number of fused-ring (bicyclic) bond motifs is 1. The van der Waals surface area contributed by atoms with Crippen LogP contribution in [0.2, 0.25) is 0 Å². The van der Waals surface area contributed by atoms with Crippen LogP contribution in [0.15, 0.2) is 42.7 Å². The molecule has 0 radical (unpaired) electrons. The summed E-state index contributed by atoms with van der Waals surface area (Å²) in [7, 11) is 1.96. The molecule has 0 bridgehead atoms. The van der Waals surface area contributed by atoms with Gasteiger partial charge in [0, 0.05) is 25.7 Å². The predicted molar refractivity (Wildman–Crippen MR) is 75.5 cm³/mol. The SMILES string of the molecule is Cn1c(CC(N)c2cncc(F)c2)nc2ccccc21. The van der Waals surface area contributed by atoms with Crippen LogP contribution in [0.3, 0.4) is 0 Å². The van der Waals surface area contributed by atoms with Crippen molar-refractivity contribution in [3.8, 4) is 0 Å². The summed E-state index contributed by atoms with van der Waals surface area (Å²) in [6.07, 6.45) is 3.30. The average molecular weight is 270 g/mol. The molecule has 0 amide bonds. The van der Waals surface area contributed by atoms with Gasteiger partial charge in [0.05, 0.1) is 17.2 Å². The van der Waals surface area contributed by atoms with E-state index in [0.29, 0.717) is 12.0 Å². The zero-order chi connectivity index (χ0) is 14.1. The zero-order valence-corrected chi connectivity index (χ0v) is 11.1. The maximum absolute atomic E-state index is 13.2. The monoisotopic (exact) mass is 270 g/mol. The van der Waals surface area contributed by atoms with Crippen LogP contribution in [0.5, 0.6) is 0 Å². The third kappa shape index (κ3) is 2.28. The van der Waals surface area contributed by atoms with E-state index in [0.717, 1.165) is 16.9 Å². The largest absolute Gasteiger partial charge is 0.331 e. The van der Waals surface area contributed by atoms with Gasteiger partial charge in [-0.2, -0.15) is 0 Å². The molecule has 1 aromatic carbocycles. The van der Waals surface area contributed by atoms with E-state index in [-0.39, 0.29) is 11.9 Å². The van der Waals surface area contributed by atoms with Gasteiger partial charge in [0.15, 0.2) is 0 Å². The number of aryl methyl sites for hydroxylation is 1. The number of benzene rings is 1. The summed E-state index contributed by atoms with van der Waals surface area (Å²) in [4.78, 5) is 8.40. The molecule has 3 rings (SSSR count). The third-order valence-corrected chi connectivity index (χ3v) is 3.44. The van der Waals surface area contributed by atoms with Gasteiger partial charge in [0.1, 0.15) is 11.6 Å². The van der Waals surface area contributed by atoms with Crippen molar-refractivity contribution in [1.29, 1.82) is 0 Å². The first kappa shape index (κ1) is 12.7. The second-order valence-electron chi connectivity index (χ2n) is 4.82. The van der Waals surface area contributed by atoms with Crippen molar-refractivity contribution in [2.24, 2.45) is 12.8 Å². The topological polar surface area (TPSA) is 56.7 Å². The molecule has 102 valence electrons. The van der Waals surface area contributed by atoms with Crippen molar-refractivity contribution in [3.05, 3.63) is 59.9 Å². The Morgan fingerprint density at radius 1 is 1.30 bits per heavy atom. The molecule has 0 aliphatic carbocycles. The van der Waals surface area contributed by atoms with Crippen LogP contribution >= 0.6 is 0 Å². The molecule has 4 nitrogen and oxygen atoms in total. The van der Waals surface area contributed by atoms with Crippen molar-refractivity contribution in [3.63, 3.8) is 0 Å². The number of nitrogens with two attached hydrogens (primary N) is 1. The summed E-state index contributed by atoms with van der Waals surface area (Å²) in [5.74, 6) is 0.505. The molecule has 2 aromatic heterocycles. The van der Waals surface area contributed by atoms with Crippen LogP contribution in [0.4, 0.5) is 4.39 Å². The van der Waals surface area contributed by atoms with Gasteiger partial charge in [0.2, 0.25) is 0 Å². The molecular formula is C15H15FN4. The summed E-state index contributed by atoms with van der Waals surface area (Å²) in [6.45, 7) is 0. The van der Waals surface area contributed by atoms with Gasteiger partial charge in [-0.3, -0.25) is 4.98 Å². The van der Waals surface area contributed by atoms with Crippen molar-refractivity contribution < 1.29 is 4.39 Å². The molecule has 0 aliphatic heterocycles. The third-order valence-electron chi connectivity index (χ3n) is 3.44. The second-order valence-corrected chi connectivity index (χ2v) is 4.82. The van der Waals surface area contributed by atoms with Gasteiger partial charge in [-0.1, -0.05) is 12.1 Å². The van der Waals surface area contributed by atoms with E-state index in [9.17, 15) is 4.39 Å². The minimum absolute atomic E-state index is 0.325. The molecule has 0 aliphatic rings. The maximum atomic E-state index is 13.2. The minimum Gasteiger partial charge on any atom is -0.331 e. The van der Waals surface area contributed by atoms with E-state index in [2.05, 4.69) is 9.97 Å². The van der Waals surface area contributed by atoms with E-state index in [1.165, 1.54) is 12.3 Å². The van der Waals surface area contributed by atoms with Crippen LogP contribution in [-0.2, 0) is 13.5 Å². The van der Waals surface area contributed by atoms with Crippen LogP contribution < -0.4 is 5.73 Å². The highest BCUT2D eigenvalue weighted by molar-refractivity contribution is 5.75. The molecule has 0 saturated carbocycles. The molecule has 1 unspecified atom stereocenters. The number of hydrogen-bond donors (Lipinski definition) is 1. The number of pyridine rings is 1. The summed E-state index contributed by atoms with van der Waals surface area (Å²) >= 11 is 0. The fraction of sp³-hybridized carbons (Fsp3) is 0.200. The van der Waals surface area contributed by atoms with Crippen LogP contribution in [-0.4, -0.2) is 14.5 Å². The lowest BCUT2D eigenvalue weighted by Crippen LogP contribution is -2.16. The van der Waals surface area contributed by atoms with Crippen LogP contribution in [0, 0.1) is 5.82 Å². The van der Waals surface area contributed by atoms with Gasteiger partial charge in [-0.25, -0.2) is 9.37 Å². The zero-order valence-electron chi connectivity index (χ0n) is 11.1. The molecule has 20 heavy (non-hydrogen) atoms. The first-order valence-corrected chi connectivity index (χ1v) is 6.41. The van der Waals surface area contributed by atoms with Gasteiger partial charge in [-0.15, -0.1) is 0 Å². The molecule has 0 spiro atoms. The molecule has 5 heteroatoms. The van der Waals surface area contributed by atoms with E-state index >= 15 is 0 Å². The van der Waals surface area contributed by atoms with Gasteiger partial charge < -0.3 is 10.3 Å². The molecule has 0 fully saturated rings. The normalized spacial score (nSPS) is 12.8. The number of nitrogens with zero attached hydrogens (tertiary/aromatic N) is 3. The summed E-state index contributed by atoms with van der Waals surface area (Å²) < 4.78 is 15.2. The van der Waals surface area contributed by atoms with Crippen molar-refractivity contribution >= 4 is 11.0 Å². The van der Waals surface area contributed by atoms with Gasteiger partial charge >= 0.3 is 0 Å². The van der Waals surface area contributed by atoms with Crippen molar-refractivity contribution in [2.45, 2.75) is 12.5 Å². The van der Waals surface area contributed by atoms with E-state index in [4.69, 9.17) is 5.73 Å². The fourth-order valence-corrected chi connectivity index (χ4v) is 2.32. The Morgan fingerprint density at radius 2 is 2.10 bits per heavy atom. The summed E-state index contributed by atoms with van der Waals surface area (Å²) in [6, 6.07) is 9.00. The van der Waals surface area contributed by atoms with Crippen molar-refractivity contribution in [2.75, 3.05) is 0 Å². The number of rotatable bonds is 3. The lowest BCUT2D eigenvalue weighted by atomic mass is 10.1. The number of aromatic nitrogens is 3. The Hall–Kier alpha value is -2.27. The van der Waals surface area contributed by atoms with Crippen LogP contribution in [0.25, 0.3) is 11.0 Å². The van der Waals surface area contributed by atoms with Gasteiger partial charge in [0.25, 0.3) is 0 Å². The minimum atomic E-state index is -0.372. The maximum Gasteiger partial charge on any atom is 0.141 e. The Labute approximate surface area is 116 Å². The van der Waals surface area contributed by atoms with Gasteiger partial charge in [-0.05, 0) is 23.8 Å². The summed E-state index contributed by atoms with van der Waals surface area (Å²) in [5.41, 5.74) is 8.81. The smallest absolute Gasteiger partial charge is 0.141 e. The average Bonchev–Trinajstić information content (AvgIpc) is 2.76. The Morgan fingerprint density at radius 3 is 2.85 bits per heavy atom. The van der Waals surface area contributed by atoms with E-state index in [1.807, 2.05) is 35.9 Å². The molecule has 2 N–H and O–H groups in total. The fourth-order valence-electron chi connectivity index (χ4n) is 2.32. The molecule has 0 saturated heterocycles. The molecule has 1 atom stereocenters. The molecule has 3 aromatic rings. The summed E-state index contributed by atoms with van der Waals surface area (Å²) in [5, 5.41) is 0. The predicted octanol–water partition coefficient (Wildman–Crippen LogP) is 2.35. The van der Waals surface area contributed by atoms with E-state index in [1.54, 1.807) is 6.20 Å². The first-order chi connectivity index (χ1) is 9.65. The molecule has 2 heterocycles. The Bertz CT molecular complexity index is 750. The lowest BCUT2D eigenvalue weighted by molar-refractivity contribution is 0.605. The number of halogens is 1. The van der Waals surface area contributed by atoms with Crippen LogP contribution in [0.1, 0.15) is 17.4 Å². The highest BCUT2D eigenvalue weighted by Crippen LogP contribution is 2.19. The highest BCUT2D eigenvalue weighted by Gasteiger charge is 2.13. The first-order valence-electron chi connectivity index (χ1n) is 6.41. The van der Waals surface area contributed by atoms with Crippen molar-refractivity contribution in [1.82, 2.24) is 14.5 Å². The standard InChI is InChI=1S/C15H15FN4/c1-20-14-5-3-2-4-13(14)19-15(20)7-12(17)10-6-11(16)9-18-8-10/h2-6,8-9,12H,7,17H2,1H3. The second kappa shape index (κ2) is 5.02. The number of imidazole rings is 1. The highest BCUT2D eigenvalue weighted by atomic mass is 19.1. The lowest BCUT2D eigenvalue weighted by Gasteiger charge is -2.11. The van der Waals surface area contributed by atoms with E-state index < -0.39 is 0 Å². The number of hydrogen-bond acceptors (Lipinski definition) is 3. The quantitative estimate of drug-likeness (QED) is 0.794. The molecular weight excluding hydrogens is 255 g/mol. The Balaban J connectivity index is 1.91. The number of para-hydroxylation sites is 2. The Kier molecular flexibility index (Phi) is 3.20.